The molecule has 0 aromatic heterocycles. The molecule has 122 valence electrons. The van der Waals surface area contributed by atoms with Crippen LogP contribution in [0, 0.1) is 11.6 Å². The molecule has 23 heavy (non-hydrogen) atoms. The lowest BCUT2D eigenvalue weighted by Crippen LogP contribution is -2.23. The van der Waals surface area contributed by atoms with E-state index >= 15 is 0 Å². The first-order valence-electron chi connectivity index (χ1n) is 7.21. The maximum Gasteiger partial charge on any atom is 0.243 e. The third-order valence-electron chi connectivity index (χ3n) is 2.92. The van der Waals surface area contributed by atoms with E-state index in [1.807, 2.05) is 19.9 Å². The van der Waals surface area contributed by atoms with Gasteiger partial charge in [0.2, 0.25) is 5.91 Å². The van der Waals surface area contributed by atoms with Crippen LogP contribution >= 0.6 is 0 Å². The van der Waals surface area contributed by atoms with Crippen molar-refractivity contribution in [3.63, 3.8) is 0 Å². The molecular weight excluding hydrogens is 302 g/mol. The molecule has 2 N–H and O–H groups in total. The highest BCUT2D eigenvalue weighted by Crippen LogP contribution is 2.24. The van der Waals surface area contributed by atoms with Crippen molar-refractivity contribution < 1.29 is 18.3 Å². The van der Waals surface area contributed by atoms with Crippen LogP contribution in [-0.4, -0.2) is 18.6 Å². The summed E-state index contributed by atoms with van der Waals surface area (Å²) in [6.07, 6.45) is -0.0145. The standard InChI is InChI=1S/C17H18F2N2O2/c1-11(2)23-15-9-4-3-8-14(15)20-10-16(22)21-17-12(18)6-5-7-13(17)19/h3-9,11,20H,10H2,1-2H3,(H,21,22). The van der Waals surface area contributed by atoms with Gasteiger partial charge in [-0.25, -0.2) is 8.78 Å². The van der Waals surface area contributed by atoms with Crippen molar-refractivity contribution in [1.82, 2.24) is 0 Å². The second-order valence-electron chi connectivity index (χ2n) is 5.16. The number of amides is 1. The van der Waals surface area contributed by atoms with Crippen molar-refractivity contribution in [2.24, 2.45) is 0 Å². The summed E-state index contributed by atoms with van der Waals surface area (Å²) in [5.74, 6) is -1.59. The normalized spacial score (nSPS) is 10.5. The van der Waals surface area contributed by atoms with Crippen LogP contribution in [0.1, 0.15) is 13.8 Å². The van der Waals surface area contributed by atoms with Gasteiger partial charge in [-0.05, 0) is 38.1 Å². The molecule has 0 bridgehead atoms. The fourth-order valence-electron chi connectivity index (χ4n) is 1.95. The average Bonchev–Trinajstić information content (AvgIpc) is 2.50. The number of ether oxygens (including phenoxy) is 1. The number of hydrogen-bond acceptors (Lipinski definition) is 3. The van der Waals surface area contributed by atoms with Gasteiger partial charge in [-0.1, -0.05) is 18.2 Å². The molecule has 0 saturated carbocycles. The highest BCUT2D eigenvalue weighted by molar-refractivity contribution is 5.94. The molecule has 0 aliphatic carbocycles. The summed E-state index contributed by atoms with van der Waals surface area (Å²) in [6.45, 7) is 3.64. The summed E-state index contributed by atoms with van der Waals surface area (Å²) >= 11 is 0. The molecule has 0 spiro atoms. The minimum Gasteiger partial charge on any atom is -0.489 e. The van der Waals surface area contributed by atoms with Crippen molar-refractivity contribution in [2.45, 2.75) is 20.0 Å². The molecule has 0 atom stereocenters. The predicted molar refractivity (Wildman–Crippen MR) is 85.7 cm³/mol. The first-order valence-corrected chi connectivity index (χ1v) is 7.21. The molecule has 2 aromatic rings. The molecule has 0 saturated heterocycles. The van der Waals surface area contributed by atoms with Gasteiger partial charge in [-0.15, -0.1) is 0 Å². The fourth-order valence-corrected chi connectivity index (χ4v) is 1.95. The molecule has 2 rings (SSSR count). The van der Waals surface area contributed by atoms with Crippen LogP contribution in [0.4, 0.5) is 20.2 Å². The zero-order valence-electron chi connectivity index (χ0n) is 12.9. The number of carbonyl (C=O) groups is 1. The number of carbonyl (C=O) groups excluding carboxylic acids is 1. The topological polar surface area (TPSA) is 50.4 Å². The van der Waals surface area contributed by atoms with E-state index in [0.29, 0.717) is 11.4 Å². The van der Waals surface area contributed by atoms with E-state index in [9.17, 15) is 13.6 Å². The van der Waals surface area contributed by atoms with E-state index in [0.717, 1.165) is 12.1 Å². The fraction of sp³-hybridized carbons (Fsp3) is 0.235. The Hall–Kier alpha value is -2.63. The number of halogens is 2. The molecule has 1 amide bonds. The Morgan fingerprint density at radius 2 is 1.74 bits per heavy atom. The van der Waals surface area contributed by atoms with Gasteiger partial charge in [0.05, 0.1) is 18.3 Å². The van der Waals surface area contributed by atoms with Crippen LogP contribution in [0.3, 0.4) is 0 Å². The SMILES string of the molecule is CC(C)Oc1ccccc1NCC(=O)Nc1c(F)cccc1F. The van der Waals surface area contributed by atoms with Crippen LogP contribution in [0.25, 0.3) is 0 Å². The van der Waals surface area contributed by atoms with Crippen molar-refractivity contribution in [1.29, 1.82) is 0 Å². The van der Waals surface area contributed by atoms with Crippen LogP contribution < -0.4 is 15.4 Å². The molecule has 0 fully saturated rings. The van der Waals surface area contributed by atoms with Crippen molar-refractivity contribution >= 4 is 17.3 Å². The first-order chi connectivity index (χ1) is 11.0. The molecule has 0 unspecified atom stereocenters. The Balaban J connectivity index is 2.00. The summed E-state index contributed by atoms with van der Waals surface area (Å²) in [5.41, 5.74) is 0.177. The van der Waals surface area contributed by atoms with E-state index in [1.165, 1.54) is 6.07 Å². The summed E-state index contributed by atoms with van der Waals surface area (Å²) in [4.78, 5) is 11.9. The predicted octanol–water partition coefficient (Wildman–Crippen LogP) is 3.80. The molecule has 0 aliphatic heterocycles. The number of rotatable bonds is 6. The van der Waals surface area contributed by atoms with Crippen molar-refractivity contribution in [2.75, 3.05) is 17.2 Å². The molecule has 0 radical (unpaired) electrons. The highest BCUT2D eigenvalue weighted by atomic mass is 19.1. The van der Waals surface area contributed by atoms with Gasteiger partial charge in [-0.2, -0.15) is 0 Å². The largest absolute Gasteiger partial charge is 0.489 e. The lowest BCUT2D eigenvalue weighted by Gasteiger charge is -2.15. The highest BCUT2D eigenvalue weighted by Gasteiger charge is 2.12. The second-order valence-corrected chi connectivity index (χ2v) is 5.16. The van der Waals surface area contributed by atoms with Crippen molar-refractivity contribution in [3.05, 3.63) is 54.1 Å². The van der Waals surface area contributed by atoms with Crippen LogP contribution in [0.2, 0.25) is 0 Å². The van der Waals surface area contributed by atoms with E-state index in [4.69, 9.17) is 4.74 Å². The van der Waals surface area contributed by atoms with Crippen molar-refractivity contribution in [3.8, 4) is 5.75 Å². The summed E-state index contributed by atoms with van der Waals surface area (Å²) in [6, 6.07) is 10.5. The Labute approximate surface area is 133 Å². The Kier molecular flexibility index (Phi) is 5.51. The summed E-state index contributed by atoms with van der Waals surface area (Å²) < 4.78 is 32.6. The van der Waals surface area contributed by atoms with Crippen LogP contribution in [0.5, 0.6) is 5.75 Å². The molecule has 4 nitrogen and oxygen atoms in total. The van der Waals surface area contributed by atoms with E-state index < -0.39 is 23.2 Å². The number of benzene rings is 2. The molecule has 6 heteroatoms. The maximum atomic E-state index is 13.5. The molecular formula is C17H18F2N2O2. The van der Waals surface area contributed by atoms with Gasteiger partial charge < -0.3 is 15.4 Å². The molecule has 2 aromatic carbocycles. The smallest absolute Gasteiger partial charge is 0.243 e. The van der Waals surface area contributed by atoms with E-state index in [-0.39, 0.29) is 12.6 Å². The number of nitrogens with one attached hydrogen (secondary N) is 2. The lowest BCUT2D eigenvalue weighted by atomic mass is 10.2. The molecule has 0 aliphatic rings. The Morgan fingerprint density at radius 3 is 2.39 bits per heavy atom. The summed E-state index contributed by atoms with van der Waals surface area (Å²) in [7, 11) is 0. The molecule has 0 heterocycles. The number of para-hydroxylation sites is 3. The Morgan fingerprint density at radius 1 is 1.09 bits per heavy atom. The third kappa shape index (κ3) is 4.67. The maximum absolute atomic E-state index is 13.5. The summed E-state index contributed by atoms with van der Waals surface area (Å²) in [5, 5.41) is 5.11. The minimum atomic E-state index is -0.818. The van der Waals surface area contributed by atoms with Crippen LogP contribution in [-0.2, 0) is 4.79 Å². The average molecular weight is 320 g/mol. The van der Waals surface area contributed by atoms with Gasteiger partial charge in [0.15, 0.2) is 0 Å². The van der Waals surface area contributed by atoms with Gasteiger partial charge in [0, 0.05) is 0 Å². The Bertz CT molecular complexity index is 670. The van der Waals surface area contributed by atoms with Gasteiger partial charge in [0.25, 0.3) is 0 Å². The van der Waals surface area contributed by atoms with Crippen LogP contribution in [0.15, 0.2) is 42.5 Å². The zero-order chi connectivity index (χ0) is 16.8. The lowest BCUT2D eigenvalue weighted by molar-refractivity contribution is -0.114. The first kappa shape index (κ1) is 16.7. The van der Waals surface area contributed by atoms with E-state index in [2.05, 4.69) is 10.6 Å². The monoisotopic (exact) mass is 320 g/mol. The van der Waals surface area contributed by atoms with Gasteiger partial charge in [0.1, 0.15) is 23.1 Å². The second kappa shape index (κ2) is 7.58. The van der Waals surface area contributed by atoms with E-state index in [1.54, 1.807) is 18.2 Å². The van der Waals surface area contributed by atoms with Gasteiger partial charge >= 0.3 is 0 Å². The third-order valence-corrected chi connectivity index (χ3v) is 2.92. The number of hydrogen-bond donors (Lipinski definition) is 2. The quantitative estimate of drug-likeness (QED) is 0.851. The zero-order valence-corrected chi connectivity index (χ0v) is 12.9. The van der Waals surface area contributed by atoms with Gasteiger partial charge in [-0.3, -0.25) is 4.79 Å². The number of anilines is 2. The minimum absolute atomic E-state index is 0.0145.